The van der Waals surface area contributed by atoms with Gasteiger partial charge in [0.2, 0.25) is 5.91 Å². The quantitative estimate of drug-likeness (QED) is 0.831. The molecule has 1 amide bonds. The molecule has 5 heteroatoms. The number of hydrogen-bond donors (Lipinski definition) is 1. The zero-order valence-electron chi connectivity index (χ0n) is 13.2. The first-order valence-corrected chi connectivity index (χ1v) is 8.68. The summed E-state index contributed by atoms with van der Waals surface area (Å²) in [5.74, 6) is -0.703. The monoisotopic (exact) mass is 327 g/mol. The van der Waals surface area contributed by atoms with Crippen molar-refractivity contribution < 1.29 is 13.6 Å². The van der Waals surface area contributed by atoms with E-state index in [2.05, 4.69) is 19.2 Å². The molecule has 1 saturated carbocycles. The lowest BCUT2D eigenvalue weighted by Crippen LogP contribution is -2.46. The van der Waals surface area contributed by atoms with Gasteiger partial charge in [0, 0.05) is 10.9 Å². The van der Waals surface area contributed by atoms with Crippen LogP contribution in [0.4, 0.5) is 8.78 Å². The molecule has 4 unspecified atom stereocenters. The number of hydrogen-bond acceptors (Lipinski definition) is 2. The Morgan fingerprint density at radius 2 is 2.00 bits per heavy atom. The van der Waals surface area contributed by atoms with Crippen molar-refractivity contribution in [1.82, 2.24) is 5.32 Å². The highest BCUT2D eigenvalue weighted by Crippen LogP contribution is 2.30. The highest BCUT2D eigenvalue weighted by molar-refractivity contribution is 8.00. The molecule has 2 nitrogen and oxygen atoms in total. The van der Waals surface area contributed by atoms with E-state index in [1.165, 1.54) is 24.2 Å². The van der Waals surface area contributed by atoms with E-state index in [0.29, 0.717) is 16.7 Å². The molecule has 1 fully saturated rings. The van der Waals surface area contributed by atoms with Crippen LogP contribution in [0.15, 0.2) is 23.1 Å². The maximum absolute atomic E-state index is 13.2. The first kappa shape index (κ1) is 17.3. The molecule has 0 heterocycles. The van der Waals surface area contributed by atoms with Crippen molar-refractivity contribution in [2.75, 3.05) is 0 Å². The molecular formula is C17H23F2NOS. The van der Waals surface area contributed by atoms with Gasteiger partial charge >= 0.3 is 0 Å². The maximum atomic E-state index is 13.2. The molecule has 0 radical (unpaired) electrons. The first-order chi connectivity index (χ1) is 10.4. The fourth-order valence-corrected chi connectivity index (χ4v) is 3.80. The zero-order chi connectivity index (χ0) is 16.3. The Morgan fingerprint density at radius 1 is 1.27 bits per heavy atom. The molecular weight excluding hydrogens is 304 g/mol. The number of carbonyl (C=O) groups is 1. The molecule has 1 N–H and O–H groups in total. The van der Waals surface area contributed by atoms with Crippen LogP contribution in [0.25, 0.3) is 0 Å². The molecule has 122 valence electrons. The van der Waals surface area contributed by atoms with Gasteiger partial charge in [-0.3, -0.25) is 4.79 Å². The van der Waals surface area contributed by atoms with Gasteiger partial charge in [0.15, 0.2) is 11.6 Å². The van der Waals surface area contributed by atoms with Crippen LogP contribution in [0.5, 0.6) is 0 Å². The van der Waals surface area contributed by atoms with Gasteiger partial charge in [-0.15, -0.1) is 11.8 Å². The number of amides is 1. The van der Waals surface area contributed by atoms with Gasteiger partial charge in [0.05, 0.1) is 5.25 Å². The maximum Gasteiger partial charge on any atom is 0.233 e. The minimum Gasteiger partial charge on any atom is -0.352 e. The van der Waals surface area contributed by atoms with Crippen LogP contribution in [0, 0.1) is 23.5 Å². The highest BCUT2D eigenvalue weighted by Gasteiger charge is 2.29. The number of benzene rings is 1. The lowest BCUT2D eigenvalue weighted by molar-refractivity contribution is -0.121. The fourth-order valence-electron chi connectivity index (χ4n) is 2.89. The van der Waals surface area contributed by atoms with Crippen LogP contribution in [0.3, 0.4) is 0 Å². The molecule has 22 heavy (non-hydrogen) atoms. The van der Waals surface area contributed by atoms with Crippen molar-refractivity contribution in [3.8, 4) is 0 Å². The molecule has 0 saturated heterocycles. The van der Waals surface area contributed by atoms with Crippen LogP contribution in [0.2, 0.25) is 0 Å². The molecule has 0 bridgehead atoms. The van der Waals surface area contributed by atoms with Gasteiger partial charge in [-0.2, -0.15) is 0 Å². The Bertz CT molecular complexity index is 537. The van der Waals surface area contributed by atoms with Gasteiger partial charge in [-0.05, 0) is 43.4 Å². The van der Waals surface area contributed by atoms with Gasteiger partial charge in [0.1, 0.15) is 0 Å². The molecule has 2 rings (SSSR count). The predicted octanol–water partition coefficient (Wildman–Crippen LogP) is 4.39. The zero-order valence-corrected chi connectivity index (χ0v) is 14.1. The summed E-state index contributed by atoms with van der Waals surface area (Å²) in [6.07, 6.45) is 3.37. The fraction of sp³-hybridized carbons (Fsp3) is 0.588. The third kappa shape index (κ3) is 4.22. The average Bonchev–Trinajstić information content (AvgIpc) is 2.47. The Labute approximate surface area is 135 Å². The van der Waals surface area contributed by atoms with Crippen molar-refractivity contribution in [3.05, 3.63) is 29.8 Å². The summed E-state index contributed by atoms with van der Waals surface area (Å²) in [6, 6.07) is 3.93. The summed E-state index contributed by atoms with van der Waals surface area (Å²) >= 11 is 1.25. The van der Waals surface area contributed by atoms with Gasteiger partial charge in [-0.1, -0.05) is 26.7 Å². The Hall–Kier alpha value is -1.10. The minimum absolute atomic E-state index is 0.0410. The molecule has 0 aromatic heterocycles. The molecule has 0 aliphatic heterocycles. The summed E-state index contributed by atoms with van der Waals surface area (Å²) in [7, 11) is 0. The normalized spacial score (nSPS) is 26.5. The molecule has 1 aromatic rings. The van der Waals surface area contributed by atoms with Crippen molar-refractivity contribution in [2.45, 2.75) is 56.2 Å². The van der Waals surface area contributed by atoms with E-state index in [4.69, 9.17) is 0 Å². The van der Waals surface area contributed by atoms with Crippen LogP contribution >= 0.6 is 11.8 Å². The third-order valence-corrected chi connectivity index (χ3v) is 5.70. The van der Waals surface area contributed by atoms with Crippen molar-refractivity contribution in [2.24, 2.45) is 11.8 Å². The van der Waals surface area contributed by atoms with Crippen molar-refractivity contribution in [1.29, 1.82) is 0 Å². The molecule has 1 aliphatic carbocycles. The predicted molar refractivity (Wildman–Crippen MR) is 85.8 cm³/mol. The number of nitrogens with one attached hydrogen (secondary N) is 1. The number of rotatable bonds is 4. The van der Waals surface area contributed by atoms with E-state index in [9.17, 15) is 13.6 Å². The largest absolute Gasteiger partial charge is 0.352 e. The number of halogens is 2. The lowest BCUT2D eigenvalue weighted by Gasteiger charge is -2.35. The van der Waals surface area contributed by atoms with Crippen LogP contribution in [-0.2, 0) is 4.79 Å². The average molecular weight is 327 g/mol. The molecule has 0 spiro atoms. The summed E-state index contributed by atoms with van der Waals surface area (Å²) in [4.78, 5) is 12.9. The molecule has 1 aromatic carbocycles. The van der Waals surface area contributed by atoms with E-state index in [0.717, 1.165) is 25.0 Å². The van der Waals surface area contributed by atoms with E-state index in [-0.39, 0.29) is 17.2 Å². The minimum atomic E-state index is -0.882. The smallest absolute Gasteiger partial charge is 0.233 e. The Balaban J connectivity index is 1.92. The van der Waals surface area contributed by atoms with Crippen LogP contribution in [0.1, 0.15) is 40.0 Å². The van der Waals surface area contributed by atoms with Crippen LogP contribution < -0.4 is 5.32 Å². The SMILES string of the molecule is CC(Sc1ccc(F)c(F)c1)C(=O)NC1CCCC(C)C1C. The summed E-state index contributed by atoms with van der Waals surface area (Å²) in [5.41, 5.74) is 0. The van der Waals surface area contributed by atoms with E-state index >= 15 is 0 Å². The van der Waals surface area contributed by atoms with E-state index < -0.39 is 11.6 Å². The molecule has 4 atom stereocenters. The van der Waals surface area contributed by atoms with E-state index in [1.54, 1.807) is 6.92 Å². The van der Waals surface area contributed by atoms with Gasteiger partial charge in [0.25, 0.3) is 0 Å². The molecule has 1 aliphatic rings. The first-order valence-electron chi connectivity index (χ1n) is 7.80. The van der Waals surface area contributed by atoms with Gasteiger partial charge in [-0.25, -0.2) is 8.78 Å². The van der Waals surface area contributed by atoms with E-state index in [1.807, 2.05) is 0 Å². The lowest BCUT2D eigenvalue weighted by atomic mass is 9.78. The third-order valence-electron chi connectivity index (χ3n) is 4.61. The summed E-state index contributed by atoms with van der Waals surface area (Å²) < 4.78 is 26.1. The second kappa shape index (κ2) is 7.44. The Morgan fingerprint density at radius 3 is 2.68 bits per heavy atom. The standard InChI is InChI=1S/C17H23F2NOS/c1-10-5-4-6-16(11(10)2)20-17(21)12(3)22-13-7-8-14(18)15(19)9-13/h7-12,16H,4-6H2,1-3H3,(H,20,21). The topological polar surface area (TPSA) is 29.1 Å². The summed E-state index contributed by atoms with van der Waals surface area (Å²) in [6.45, 7) is 6.20. The van der Waals surface area contributed by atoms with Crippen LogP contribution in [-0.4, -0.2) is 17.2 Å². The number of carbonyl (C=O) groups excluding carboxylic acids is 1. The second-order valence-electron chi connectivity index (χ2n) is 6.22. The highest BCUT2D eigenvalue weighted by atomic mass is 32.2. The Kier molecular flexibility index (Phi) is 5.84. The van der Waals surface area contributed by atoms with Crippen molar-refractivity contribution >= 4 is 17.7 Å². The number of thioether (sulfide) groups is 1. The van der Waals surface area contributed by atoms with Crippen molar-refractivity contribution in [3.63, 3.8) is 0 Å². The summed E-state index contributed by atoms with van der Waals surface area (Å²) in [5, 5.41) is 2.78. The van der Waals surface area contributed by atoms with Gasteiger partial charge < -0.3 is 5.32 Å². The second-order valence-corrected chi connectivity index (χ2v) is 7.63.